The fourth-order valence-corrected chi connectivity index (χ4v) is 3.73. The van der Waals surface area contributed by atoms with Crippen LogP contribution in [0.3, 0.4) is 0 Å². The van der Waals surface area contributed by atoms with Gasteiger partial charge in [0.05, 0.1) is 0 Å². The minimum atomic E-state index is 0.733. The molecular weight excluding hydrogens is 220 g/mol. The summed E-state index contributed by atoms with van der Waals surface area (Å²) >= 11 is 0. The van der Waals surface area contributed by atoms with Crippen molar-refractivity contribution in [1.82, 2.24) is 10.2 Å². The topological polar surface area (TPSA) is 15.3 Å². The lowest BCUT2D eigenvalue weighted by molar-refractivity contribution is 0.292. The van der Waals surface area contributed by atoms with Crippen LogP contribution in [0.4, 0.5) is 0 Å². The van der Waals surface area contributed by atoms with Gasteiger partial charge in [-0.3, -0.25) is 0 Å². The molecule has 2 rings (SSSR count). The van der Waals surface area contributed by atoms with Gasteiger partial charge in [-0.15, -0.1) is 0 Å². The normalized spacial score (nSPS) is 30.7. The second kappa shape index (κ2) is 7.49. The summed E-state index contributed by atoms with van der Waals surface area (Å²) in [6.07, 6.45) is 12.9. The van der Waals surface area contributed by atoms with Gasteiger partial charge in [0.15, 0.2) is 0 Å². The Bertz CT molecular complexity index is 221. The molecule has 1 aliphatic heterocycles. The predicted molar refractivity (Wildman–Crippen MR) is 78.9 cm³/mol. The molecule has 1 saturated carbocycles. The van der Waals surface area contributed by atoms with E-state index in [-0.39, 0.29) is 0 Å². The Morgan fingerprint density at radius 3 is 2.33 bits per heavy atom. The number of rotatable bonds is 3. The van der Waals surface area contributed by atoms with Crippen LogP contribution in [0.15, 0.2) is 0 Å². The second-order valence-corrected chi connectivity index (χ2v) is 6.64. The molecule has 1 N–H and O–H groups in total. The fourth-order valence-electron chi connectivity index (χ4n) is 3.73. The first-order chi connectivity index (χ1) is 8.75. The Hall–Kier alpha value is -0.0800. The summed E-state index contributed by atoms with van der Waals surface area (Å²) in [6, 6.07) is 1.50. The van der Waals surface area contributed by atoms with Gasteiger partial charge in [-0.05, 0) is 65.1 Å². The van der Waals surface area contributed by atoms with Gasteiger partial charge in [-0.1, -0.05) is 25.7 Å². The van der Waals surface area contributed by atoms with Crippen LogP contribution in [0.25, 0.3) is 0 Å². The quantitative estimate of drug-likeness (QED) is 0.774. The van der Waals surface area contributed by atoms with Gasteiger partial charge in [0.1, 0.15) is 0 Å². The third-order valence-electron chi connectivity index (χ3n) is 5.06. The highest BCUT2D eigenvalue weighted by atomic mass is 15.1. The average Bonchev–Trinajstić information content (AvgIpc) is 2.72. The van der Waals surface area contributed by atoms with E-state index in [2.05, 4.69) is 24.2 Å². The van der Waals surface area contributed by atoms with Crippen molar-refractivity contribution in [3.8, 4) is 0 Å². The van der Waals surface area contributed by atoms with E-state index in [1.165, 1.54) is 70.9 Å². The van der Waals surface area contributed by atoms with E-state index >= 15 is 0 Å². The van der Waals surface area contributed by atoms with Crippen LogP contribution in [0.5, 0.6) is 0 Å². The first kappa shape index (κ1) is 14.3. The third kappa shape index (κ3) is 4.55. The predicted octanol–water partition coefficient (Wildman–Crippen LogP) is 3.42. The van der Waals surface area contributed by atoms with E-state index < -0.39 is 0 Å². The highest BCUT2D eigenvalue weighted by Crippen LogP contribution is 2.26. The Morgan fingerprint density at radius 2 is 1.61 bits per heavy atom. The van der Waals surface area contributed by atoms with Gasteiger partial charge in [-0.25, -0.2) is 0 Å². The first-order valence-corrected chi connectivity index (χ1v) is 8.20. The molecule has 2 atom stereocenters. The van der Waals surface area contributed by atoms with Gasteiger partial charge < -0.3 is 10.2 Å². The number of nitrogens with one attached hydrogen (secondary N) is 1. The maximum Gasteiger partial charge on any atom is 0.00823 e. The summed E-state index contributed by atoms with van der Waals surface area (Å²) in [6.45, 7) is 5.00. The molecule has 2 nitrogen and oxygen atoms in total. The monoisotopic (exact) mass is 252 g/mol. The molecule has 106 valence electrons. The molecule has 1 aliphatic carbocycles. The molecule has 0 bridgehead atoms. The second-order valence-electron chi connectivity index (χ2n) is 6.64. The van der Waals surface area contributed by atoms with Crippen molar-refractivity contribution in [1.29, 1.82) is 0 Å². The summed E-state index contributed by atoms with van der Waals surface area (Å²) < 4.78 is 0. The molecule has 18 heavy (non-hydrogen) atoms. The van der Waals surface area contributed by atoms with Crippen molar-refractivity contribution >= 4 is 0 Å². The fraction of sp³-hybridized carbons (Fsp3) is 1.00. The van der Waals surface area contributed by atoms with Gasteiger partial charge in [-0.2, -0.15) is 0 Å². The van der Waals surface area contributed by atoms with Crippen molar-refractivity contribution in [2.45, 2.75) is 76.8 Å². The van der Waals surface area contributed by atoms with Crippen LogP contribution in [0.2, 0.25) is 0 Å². The van der Waals surface area contributed by atoms with Crippen LogP contribution in [-0.2, 0) is 0 Å². The van der Waals surface area contributed by atoms with Crippen LogP contribution < -0.4 is 5.32 Å². The van der Waals surface area contributed by atoms with Gasteiger partial charge in [0.2, 0.25) is 0 Å². The number of hydrogen-bond acceptors (Lipinski definition) is 2. The van der Waals surface area contributed by atoms with E-state index in [1.54, 1.807) is 0 Å². The molecule has 2 fully saturated rings. The minimum Gasteiger partial charge on any atom is -0.311 e. The number of hydrogen-bond donors (Lipinski definition) is 1. The Morgan fingerprint density at radius 1 is 0.889 bits per heavy atom. The van der Waals surface area contributed by atoms with Crippen molar-refractivity contribution < 1.29 is 0 Å². The molecule has 0 amide bonds. The smallest absolute Gasteiger partial charge is 0.00823 e. The summed E-state index contributed by atoms with van der Waals surface area (Å²) in [5.74, 6) is 0.938. The lowest BCUT2D eigenvalue weighted by atomic mass is 9.92. The van der Waals surface area contributed by atoms with Gasteiger partial charge >= 0.3 is 0 Å². The van der Waals surface area contributed by atoms with Gasteiger partial charge in [0.25, 0.3) is 0 Å². The molecule has 0 aromatic heterocycles. The van der Waals surface area contributed by atoms with E-state index in [0.29, 0.717) is 0 Å². The molecule has 0 aromatic rings. The third-order valence-corrected chi connectivity index (χ3v) is 5.06. The summed E-state index contributed by atoms with van der Waals surface area (Å²) in [5, 5.41) is 3.95. The first-order valence-electron chi connectivity index (χ1n) is 8.20. The lowest BCUT2D eigenvalue weighted by Gasteiger charge is -2.28. The molecule has 0 spiro atoms. The number of nitrogens with zero attached hydrogens (tertiary/aromatic N) is 1. The van der Waals surface area contributed by atoms with Crippen molar-refractivity contribution in [2.75, 3.05) is 20.1 Å². The van der Waals surface area contributed by atoms with Gasteiger partial charge in [0, 0.05) is 12.1 Å². The highest BCUT2D eigenvalue weighted by molar-refractivity contribution is 4.81. The molecular formula is C16H32N2. The average molecular weight is 252 g/mol. The van der Waals surface area contributed by atoms with Crippen LogP contribution in [0.1, 0.15) is 64.7 Å². The van der Waals surface area contributed by atoms with E-state index in [1.807, 2.05) is 0 Å². The number of likely N-dealkylation sites (tertiary alicyclic amines) is 1. The highest BCUT2D eigenvalue weighted by Gasteiger charge is 2.22. The van der Waals surface area contributed by atoms with E-state index in [0.717, 1.165) is 18.0 Å². The van der Waals surface area contributed by atoms with Crippen molar-refractivity contribution in [3.05, 3.63) is 0 Å². The minimum absolute atomic E-state index is 0.733. The molecule has 2 aliphatic rings. The SMILES string of the molecule is C[C@@H](NC1CCCN(C)CC1)C1CCCCCC1. The zero-order chi connectivity index (χ0) is 12.8. The Labute approximate surface area is 114 Å². The Balaban J connectivity index is 1.76. The van der Waals surface area contributed by atoms with Crippen molar-refractivity contribution in [2.24, 2.45) is 5.92 Å². The zero-order valence-corrected chi connectivity index (χ0v) is 12.5. The molecule has 2 heteroatoms. The molecule has 1 saturated heterocycles. The molecule has 0 radical (unpaired) electrons. The van der Waals surface area contributed by atoms with Crippen LogP contribution >= 0.6 is 0 Å². The Kier molecular flexibility index (Phi) is 5.97. The van der Waals surface area contributed by atoms with Crippen LogP contribution in [0, 0.1) is 5.92 Å². The summed E-state index contributed by atoms with van der Waals surface area (Å²) in [4.78, 5) is 2.48. The standard InChI is InChI=1S/C16H32N2/c1-14(15-8-5-3-4-6-9-15)17-16-10-7-12-18(2)13-11-16/h14-17H,3-13H2,1-2H3/t14-,16?/m1/s1. The van der Waals surface area contributed by atoms with E-state index in [9.17, 15) is 0 Å². The summed E-state index contributed by atoms with van der Waals surface area (Å²) in [7, 11) is 2.26. The molecule has 1 unspecified atom stereocenters. The lowest BCUT2D eigenvalue weighted by Crippen LogP contribution is -2.41. The largest absolute Gasteiger partial charge is 0.311 e. The maximum atomic E-state index is 3.95. The molecule has 0 aromatic carbocycles. The van der Waals surface area contributed by atoms with E-state index in [4.69, 9.17) is 0 Å². The maximum absolute atomic E-state index is 3.95. The zero-order valence-electron chi connectivity index (χ0n) is 12.5. The van der Waals surface area contributed by atoms with Crippen molar-refractivity contribution in [3.63, 3.8) is 0 Å². The van der Waals surface area contributed by atoms with Crippen LogP contribution in [-0.4, -0.2) is 37.1 Å². The molecule has 1 heterocycles. The summed E-state index contributed by atoms with van der Waals surface area (Å²) in [5.41, 5.74) is 0.